The van der Waals surface area contributed by atoms with Gasteiger partial charge in [0.2, 0.25) is 5.91 Å². The summed E-state index contributed by atoms with van der Waals surface area (Å²) >= 11 is 0. The Morgan fingerprint density at radius 2 is 1.89 bits per heavy atom. The zero-order valence-electron chi connectivity index (χ0n) is 10.8. The van der Waals surface area contributed by atoms with Crippen LogP contribution in [0.5, 0.6) is 0 Å². The minimum atomic E-state index is 0.375. The van der Waals surface area contributed by atoms with Gasteiger partial charge in [-0.25, -0.2) is 0 Å². The molecular weight excluding hydrogens is 222 g/mol. The van der Waals surface area contributed by atoms with Gasteiger partial charge >= 0.3 is 0 Å². The summed E-state index contributed by atoms with van der Waals surface area (Å²) in [6.07, 6.45) is 5.58. The van der Waals surface area contributed by atoms with Gasteiger partial charge in [-0.05, 0) is 37.2 Å². The summed E-state index contributed by atoms with van der Waals surface area (Å²) in [4.78, 5) is 14.2. The van der Waals surface area contributed by atoms with Crippen LogP contribution in [0.25, 0.3) is 0 Å². The van der Waals surface area contributed by atoms with Gasteiger partial charge in [-0.2, -0.15) is 0 Å². The Bertz CT molecular complexity index is 410. The number of carbonyl (C=O) groups is 1. The van der Waals surface area contributed by atoms with Crippen molar-refractivity contribution in [2.24, 2.45) is 5.92 Å². The SMILES string of the molecule is O=C1CCC[C@@H](c2ccccc2)CN1CC1CC1. The van der Waals surface area contributed by atoms with E-state index < -0.39 is 0 Å². The Labute approximate surface area is 109 Å². The lowest BCUT2D eigenvalue weighted by atomic mass is 9.94. The number of likely N-dealkylation sites (tertiary alicyclic amines) is 1. The van der Waals surface area contributed by atoms with E-state index in [1.165, 1.54) is 18.4 Å². The molecule has 2 nitrogen and oxygen atoms in total. The fourth-order valence-electron chi connectivity index (χ4n) is 2.90. The van der Waals surface area contributed by atoms with Gasteiger partial charge in [-0.1, -0.05) is 30.3 Å². The molecular formula is C16H21NO. The first kappa shape index (κ1) is 11.8. The van der Waals surface area contributed by atoms with Crippen LogP contribution in [0.4, 0.5) is 0 Å². The van der Waals surface area contributed by atoms with Gasteiger partial charge in [0.25, 0.3) is 0 Å². The van der Waals surface area contributed by atoms with Crippen molar-refractivity contribution in [3.8, 4) is 0 Å². The molecule has 2 fully saturated rings. The van der Waals surface area contributed by atoms with Gasteiger partial charge in [0.05, 0.1) is 0 Å². The number of carbonyl (C=O) groups excluding carboxylic acids is 1. The Hall–Kier alpha value is -1.31. The number of benzene rings is 1. The molecule has 1 aromatic rings. The van der Waals surface area contributed by atoms with Crippen molar-refractivity contribution in [1.82, 2.24) is 4.90 Å². The maximum absolute atomic E-state index is 12.1. The number of hydrogen-bond acceptors (Lipinski definition) is 1. The zero-order chi connectivity index (χ0) is 12.4. The van der Waals surface area contributed by atoms with Crippen LogP contribution in [0.2, 0.25) is 0 Å². The molecule has 1 saturated heterocycles. The molecule has 0 bridgehead atoms. The van der Waals surface area contributed by atoms with Crippen molar-refractivity contribution in [2.75, 3.05) is 13.1 Å². The molecule has 18 heavy (non-hydrogen) atoms. The molecule has 0 N–H and O–H groups in total. The van der Waals surface area contributed by atoms with E-state index in [1.807, 2.05) is 0 Å². The second kappa shape index (κ2) is 5.13. The van der Waals surface area contributed by atoms with Gasteiger partial charge in [-0.3, -0.25) is 4.79 Å². The summed E-state index contributed by atoms with van der Waals surface area (Å²) in [6, 6.07) is 10.7. The lowest BCUT2D eigenvalue weighted by Crippen LogP contribution is -2.34. The summed E-state index contributed by atoms with van der Waals surface area (Å²) in [6.45, 7) is 1.93. The van der Waals surface area contributed by atoms with Crippen molar-refractivity contribution in [1.29, 1.82) is 0 Å². The van der Waals surface area contributed by atoms with Crippen molar-refractivity contribution in [3.05, 3.63) is 35.9 Å². The highest BCUT2D eigenvalue weighted by molar-refractivity contribution is 5.76. The molecule has 3 rings (SSSR count). The fraction of sp³-hybridized carbons (Fsp3) is 0.562. The third kappa shape index (κ3) is 2.74. The highest BCUT2D eigenvalue weighted by Gasteiger charge is 2.30. The second-order valence-electron chi connectivity index (χ2n) is 5.74. The number of nitrogens with zero attached hydrogens (tertiary/aromatic N) is 1. The molecule has 0 unspecified atom stereocenters. The highest BCUT2D eigenvalue weighted by Crippen LogP contribution is 2.33. The first-order valence-corrected chi connectivity index (χ1v) is 7.15. The van der Waals surface area contributed by atoms with Crippen LogP contribution in [-0.4, -0.2) is 23.9 Å². The molecule has 1 aliphatic carbocycles. The second-order valence-corrected chi connectivity index (χ2v) is 5.74. The van der Waals surface area contributed by atoms with E-state index in [9.17, 15) is 4.79 Å². The average molecular weight is 243 g/mol. The molecule has 2 aliphatic rings. The molecule has 0 spiro atoms. The minimum absolute atomic E-state index is 0.375. The van der Waals surface area contributed by atoms with Crippen LogP contribution < -0.4 is 0 Å². The quantitative estimate of drug-likeness (QED) is 0.798. The largest absolute Gasteiger partial charge is 0.342 e. The smallest absolute Gasteiger partial charge is 0.222 e. The molecule has 1 atom stereocenters. The van der Waals surface area contributed by atoms with Crippen molar-refractivity contribution in [2.45, 2.75) is 38.0 Å². The minimum Gasteiger partial charge on any atom is -0.342 e. The van der Waals surface area contributed by atoms with Gasteiger partial charge in [-0.15, -0.1) is 0 Å². The molecule has 2 heteroatoms. The van der Waals surface area contributed by atoms with Crippen LogP contribution in [0.15, 0.2) is 30.3 Å². The maximum Gasteiger partial charge on any atom is 0.222 e. The monoisotopic (exact) mass is 243 g/mol. The summed E-state index contributed by atoms with van der Waals surface area (Å²) in [5, 5.41) is 0. The van der Waals surface area contributed by atoms with Crippen LogP contribution in [-0.2, 0) is 4.79 Å². The highest BCUT2D eigenvalue weighted by atomic mass is 16.2. The summed E-state index contributed by atoms with van der Waals surface area (Å²) in [5.74, 6) is 1.71. The van der Waals surface area contributed by atoms with Crippen molar-refractivity contribution in [3.63, 3.8) is 0 Å². The standard InChI is InChI=1S/C16H21NO/c18-16-8-4-7-15(14-5-2-1-3-6-14)12-17(16)11-13-9-10-13/h1-3,5-6,13,15H,4,7-12H2/t15-/m1/s1. The van der Waals surface area contributed by atoms with Gasteiger partial charge in [0, 0.05) is 25.4 Å². The molecule has 96 valence electrons. The van der Waals surface area contributed by atoms with Crippen LogP contribution in [0.3, 0.4) is 0 Å². The van der Waals surface area contributed by atoms with Crippen LogP contribution in [0.1, 0.15) is 43.6 Å². The normalized spacial score (nSPS) is 25.0. The summed E-state index contributed by atoms with van der Waals surface area (Å²) in [7, 11) is 0. The molecule has 1 amide bonds. The molecule has 1 heterocycles. The Kier molecular flexibility index (Phi) is 3.35. The molecule has 0 aromatic heterocycles. The molecule has 0 radical (unpaired) electrons. The van der Waals surface area contributed by atoms with Gasteiger partial charge in [0.15, 0.2) is 0 Å². The van der Waals surface area contributed by atoms with E-state index in [2.05, 4.69) is 35.2 Å². The first-order valence-electron chi connectivity index (χ1n) is 7.15. The fourth-order valence-corrected chi connectivity index (χ4v) is 2.90. The Morgan fingerprint density at radius 1 is 1.11 bits per heavy atom. The van der Waals surface area contributed by atoms with E-state index in [1.54, 1.807) is 0 Å². The molecule has 1 aliphatic heterocycles. The predicted octanol–water partition coefficient (Wildman–Crippen LogP) is 3.19. The molecule has 1 aromatic carbocycles. The number of amides is 1. The van der Waals surface area contributed by atoms with E-state index in [4.69, 9.17) is 0 Å². The third-order valence-electron chi connectivity index (χ3n) is 4.18. The summed E-state index contributed by atoms with van der Waals surface area (Å²) < 4.78 is 0. The van der Waals surface area contributed by atoms with E-state index in [0.717, 1.165) is 38.3 Å². The number of hydrogen-bond donors (Lipinski definition) is 0. The first-order chi connectivity index (χ1) is 8.83. The lowest BCUT2D eigenvalue weighted by Gasteiger charge is -2.25. The van der Waals surface area contributed by atoms with E-state index in [0.29, 0.717) is 11.8 Å². The lowest BCUT2D eigenvalue weighted by molar-refractivity contribution is -0.131. The number of rotatable bonds is 3. The maximum atomic E-state index is 12.1. The van der Waals surface area contributed by atoms with Gasteiger partial charge in [0.1, 0.15) is 0 Å². The predicted molar refractivity (Wildman–Crippen MR) is 72.3 cm³/mol. The Balaban J connectivity index is 1.72. The van der Waals surface area contributed by atoms with E-state index in [-0.39, 0.29) is 0 Å². The average Bonchev–Trinajstić information content (AvgIpc) is 3.21. The van der Waals surface area contributed by atoms with Crippen LogP contribution >= 0.6 is 0 Å². The topological polar surface area (TPSA) is 20.3 Å². The van der Waals surface area contributed by atoms with Crippen molar-refractivity contribution < 1.29 is 4.79 Å². The van der Waals surface area contributed by atoms with Crippen LogP contribution in [0, 0.1) is 5.92 Å². The zero-order valence-corrected chi connectivity index (χ0v) is 10.8. The summed E-state index contributed by atoms with van der Waals surface area (Å²) in [5.41, 5.74) is 1.40. The Morgan fingerprint density at radius 3 is 2.61 bits per heavy atom. The van der Waals surface area contributed by atoms with E-state index >= 15 is 0 Å². The third-order valence-corrected chi connectivity index (χ3v) is 4.18. The van der Waals surface area contributed by atoms with Crippen molar-refractivity contribution >= 4 is 5.91 Å². The van der Waals surface area contributed by atoms with Gasteiger partial charge < -0.3 is 4.90 Å². The molecule has 1 saturated carbocycles.